The van der Waals surface area contributed by atoms with Crippen LogP contribution < -0.4 is 5.32 Å². The molecule has 0 fully saturated rings. The van der Waals surface area contributed by atoms with Gasteiger partial charge in [0.2, 0.25) is 0 Å². The summed E-state index contributed by atoms with van der Waals surface area (Å²) in [6, 6.07) is 9.64. The van der Waals surface area contributed by atoms with E-state index in [-0.39, 0.29) is 12.5 Å². The number of hydrogen-bond acceptors (Lipinski definition) is 7. The van der Waals surface area contributed by atoms with Crippen LogP contribution in [-0.4, -0.2) is 28.5 Å². The highest BCUT2D eigenvalue weighted by molar-refractivity contribution is 7.17. The van der Waals surface area contributed by atoms with Gasteiger partial charge in [-0.05, 0) is 26.3 Å². The van der Waals surface area contributed by atoms with Crippen LogP contribution >= 0.6 is 22.7 Å². The molecule has 26 heavy (non-hydrogen) atoms. The molecule has 6 nitrogen and oxygen atoms in total. The van der Waals surface area contributed by atoms with Gasteiger partial charge in [-0.3, -0.25) is 10.1 Å². The number of thiazole rings is 2. The van der Waals surface area contributed by atoms with Crippen LogP contribution in [0.2, 0.25) is 0 Å². The molecule has 0 saturated carbocycles. The Balaban J connectivity index is 1.86. The van der Waals surface area contributed by atoms with Gasteiger partial charge in [0.05, 0.1) is 22.2 Å². The van der Waals surface area contributed by atoms with Crippen molar-refractivity contribution in [3.63, 3.8) is 0 Å². The third kappa shape index (κ3) is 3.81. The molecule has 8 heteroatoms. The highest BCUT2D eigenvalue weighted by Crippen LogP contribution is 2.31. The molecule has 134 valence electrons. The van der Waals surface area contributed by atoms with Crippen molar-refractivity contribution in [1.82, 2.24) is 9.97 Å². The number of carbonyl (C=O) groups is 2. The third-order valence-corrected chi connectivity index (χ3v) is 5.54. The quantitative estimate of drug-likeness (QED) is 0.660. The van der Waals surface area contributed by atoms with Gasteiger partial charge in [-0.15, -0.1) is 11.3 Å². The summed E-state index contributed by atoms with van der Waals surface area (Å²) in [5, 5.41) is 3.89. The second-order valence-corrected chi connectivity index (χ2v) is 7.59. The third-order valence-electron chi connectivity index (χ3n) is 3.46. The van der Waals surface area contributed by atoms with Crippen molar-refractivity contribution in [3.8, 4) is 10.4 Å². The molecule has 0 saturated heterocycles. The van der Waals surface area contributed by atoms with Crippen LogP contribution in [0.4, 0.5) is 5.13 Å². The topological polar surface area (TPSA) is 81.2 Å². The number of ether oxygens (including phenoxy) is 1. The number of rotatable bonds is 5. The van der Waals surface area contributed by atoms with Gasteiger partial charge in [-0.1, -0.05) is 41.7 Å². The number of esters is 1. The minimum absolute atomic E-state index is 0.288. The van der Waals surface area contributed by atoms with Gasteiger partial charge in [0, 0.05) is 0 Å². The fraction of sp³-hybridized carbons (Fsp3) is 0.222. The molecule has 1 amide bonds. The number of aryl methyl sites for hydroxylation is 2. The van der Waals surface area contributed by atoms with Crippen LogP contribution in [0, 0.1) is 13.8 Å². The molecule has 2 heterocycles. The zero-order chi connectivity index (χ0) is 18.7. The predicted molar refractivity (Wildman–Crippen MR) is 103 cm³/mol. The van der Waals surface area contributed by atoms with Crippen molar-refractivity contribution >= 4 is 39.7 Å². The Hall–Kier alpha value is -2.58. The molecular formula is C18H17N3O3S2. The Morgan fingerprint density at radius 3 is 2.54 bits per heavy atom. The van der Waals surface area contributed by atoms with E-state index in [0.29, 0.717) is 21.4 Å². The van der Waals surface area contributed by atoms with Crippen molar-refractivity contribution in [2.45, 2.75) is 20.8 Å². The van der Waals surface area contributed by atoms with Crippen molar-refractivity contribution in [1.29, 1.82) is 0 Å². The van der Waals surface area contributed by atoms with Gasteiger partial charge in [0.15, 0.2) is 5.13 Å². The summed E-state index contributed by atoms with van der Waals surface area (Å²) >= 11 is 2.56. The van der Waals surface area contributed by atoms with E-state index in [0.717, 1.165) is 26.8 Å². The molecule has 0 aliphatic carbocycles. The smallest absolute Gasteiger partial charge is 0.350 e. The van der Waals surface area contributed by atoms with Crippen molar-refractivity contribution < 1.29 is 14.3 Å². The highest BCUT2D eigenvalue weighted by atomic mass is 32.1. The maximum atomic E-state index is 12.7. The first-order chi connectivity index (χ1) is 12.5. The Kier molecular flexibility index (Phi) is 5.43. The zero-order valence-corrected chi connectivity index (χ0v) is 16.2. The molecule has 0 aliphatic rings. The lowest BCUT2D eigenvalue weighted by Crippen LogP contribution is -2.13. The van der Waals surface area contributed by atoms with Gasteiger partial charge in [-0.2, -0.15) is 0 Å². The Morgan fingerprint density at radius 2 is 1.85 bits per heavy atom. The van der Waals surface area contributed by atoms with Crippen molar-refractivity contribution in [2.24, 2.45) is 0 Å². The molecule has 3 aromatic rings. The molecule has 3 rings (SSSR count). The van der Waals surface area contributed by atoms with E-state index in [2.05, 4.69) is 15.3 Å². The highest BCUT2D eigenvalue weighted by Gasteiger charge is 2.22. The number of anilines is 1. The molecule has 1 aromatic carbocycles. The van der Waals surface area contributed by atoms with Gasteiger partial charge in [0.1, 0.15) is 10.6 Å². The summed E-state index contributed by atoms with van der Waals surface area (Å²) in [4.78, 5) is 34.4. The lowest BCUT2D eigenvalue weighted by atomic mass is 10.1. The van der Waals surface area contributed by atoms with Crippen LogP contribution in [0.3, 0.4) is 0 Å². The second-order valence-electron chi connectivity index (χ2n) is 5.38. The number of aromatic nitrogens is 2. The SMILES string of the molecule is CCOC(=O)c1sc(NC(=O)c2nc(C)sc2-c2ccccc2)nc1C. The Labute approximate surface area is 158 Å². The first-order valence-electron chi connectivity index (χ1n) is 7.98. The minimum atomic E-state index is -0.433. The number of benzene rings is 1. The predicted octanol–water partition coefficient (Wildman–Crippen LogP) is 4.31. The average molecular weight is 387 g/mol. The van der Waals surface area contributed by atoms with E-state index in [1.165, 1.54) is 11.3 Å². The molecule has 0 aliphatic heterocycles. The summed E-state index contributed by atoms with van der Waals surface area (Å²) < 4.78 is 5.00. The number of hydrogen-bond donors (Lipinski definition) is 1. The average Bonchev–Trinajstić information content (AvgIpc) is 3.18. The van der Waals surface area contributed by atoms with Gasteiger partial charge in [0.25, 0.3) is 5.91 Å². The second kappa shape index (κ2) is 7.76. The summed E-state index contributed by atoms with van der Waals surface area (Å²) in [5.74, 6) is -0.783. The minimum Gasteiger partial charge on any atom is -0.462 e. The van der Waals surface area contributed by atoms with Gasteiger partial charge >= 0.3 is 5.97 Å². The van der Waals surface area contributed by atoms with E-state index in [4.69, 9.17) is 4.74 Å². The van der Waals surface area contributed by atoms with Crippen molar-refractivity contribution in [2.75, 3.05) is 11.9 Å². The van der Waals surface area contributed by atoms with Crippen LogP contribution in [0.15, 0.2) is 30.3 Å². The van der Waals surface area contributed by atoms with E-state index in [9.17, 15) is 9.59 Å². The molecule has 1 N–H and O–H groups in total. The number of carbonyl (C=O) groups excluding carboxylic acids is 2. The van der Waals surface area contributed by atoms with Crippen LogP contribution in [0.1, 0.15) is 37.8 Å². The summed E-state index contributed by atoms with van der Waals surface area (Å²) in [6.07, 6.45) is 0. The summed E-state index contributed by atoms with van der Waals surface area (Å²) in [6.45, 7) is 5.60. The van der Waals surface area contributed by atoms with E-state index >= 15 is 0 Å². The van der Waals surface area contributed by atoms with Gasteiger partial charge in [-0.25, -0.2) is 14.8 Å². The fourth-order valence-corrected chi connectivity index (χ4v) is 4.13. The van der Waals surface area contributed by atoms with E-state index in [1.54, 1.807) is 13.8 Å². The molecule has 0 bridgehead atoms. The van der Waals surface area contributed by atoms with Gasteiger partial charge < -0.3 is 4.74 Å². The number of amides is 1. The standard InChI is InChI=1S/C18H17N3O3S2/c1-4-24-17(23)14-10(2)19-18(26-14)21-16(22)13-15(25-11(3)20-13)12-8-6-5-7-9-12/h5-9H,4H2,1-3H3,(H,19,21,22). The normalized spacial score (nSPS) is 10.6. The summed E-state index contributed by atoms with van der Waals surface area (Å²) in [7, 11) is 0. The maximum Gasteiger partial charge on any atom is 0.350 e. The molecule has 2 aromatic heterocycles. The molecule has 0 unspecified atom stereocenters. The van der Waals surface area contributed by atoms with Crippen LogP contribution in [0.25, 0.3) is 10.4 Å². The largest absolute Gasteiger partial charge is 0.462 e. The molecular weight excluding hydrogens is 370 g/mol. The monoisotopic (exact) mass is 387 g/mol. The van der Waals surface area contributed by atoms with Crippen LogP contribution in [-0.2, 0) is 4.74 Å². The maximum absolute atomic E-state index is 12.7. The molecule has 0 radical (unpaired) electrons. The van der Waals surface area contributed by atoms with Crippen molar-refractivity contribution in [3.05, 3.63) is 51.6 Å². The lowest BCUT2D eigenvalue weighted by Gasteiger charge is -2.02. The first kappa shape index (κ1) is 18.2. The van der Waals surface area contributed by atoms with Crippen LogP contribution in [0.5, 0.6) is 0 Å². The lowest BCUT2D eigenvalue weighted by molar-refractivity contribution is 0.0531. The van der Waals surface area contributed by atoms with E-state index in [1.807, 2.05) is 37.3 Å². The molecule has 0 atom stereocenters. The number of nitrogens with one attached hydrogen (secondary N) is 1. The Morgan fingerprint density at radius 1 is 1.12 bits per heavy atom. The zero-order valence-electron chi connectivity index (χ0n) is 14.5. The molecule has 0 spiro atoms. The van der Waals surface area contributed by atoms with E-state index < -0.39 is 5.97 Å². The Bertz CT molecular complexity index is 948. The summed E-state index contributed by atoms with van der Waals surface area (Å²) in [5.41, 5.74) is 1.82. The first-order valence-corrected chi connectivity index (χ1v) is 9.61. The number of nitrogens with zero attached hydrogens (tertiary/aromatic N) is 2. The fourth-order valence-electron chi connectivity index (χ4n) is 2.36.